The summed E-state index contributed by atoms with van der Waals surface area (Å²) in [6.07, 6.45) is -0.0658. The molecule has 4 rings (SSSR count). The van der Waals surface area contributed by atoms with Gasteiger partial charge in [-0.1, -0.05) is 30.3 Å². The Morgan fingerprint density at radius 2 is 1.61 bits per heavy atom. The van der Waals surface area contributed by atoms with E-state index in [-0.39, 0.29) is 6.10 Å². The van der Waals surface area contributed by atoms with Crippen molar-refractivity contribution in [1.82, 2.24) is 0 Å². The molecule has 2 saturated heterocycles. The summed E-state index contributed by atoms with van der Waals surface area (Å²) < 4.78 is 36.3. The molecule has 1 saturated carbocycles. The third kappa shape index (κ3) is 3.29. The largest absolute Gasteiger partial charge is 0.385 e. The van der Waals surface area contributed by atoms with Crippen molar-refractivity contribution < 1.29 is 33.5 Å². The van der Waals surface area contributed by atoms with E-state index in [9.17, 15) is 5.11 Å². The lowest BCUT2D eigenvalue weighted by Gasteiger charge is -2.59. The van der Waals surface area contributed by atoms with Crippen LogP contribution in [0, 0.1) is 0 Å². The van der Waals surface area contributed by atoms with E-state index < -0.39 is 36.2 Å². The molecule has 0 bridgehead atoms. The van der Waals surface area contributed by atoms with E-state index in [1.807, 2.05) is 37.3 Å². The maximum absolute atomic E-state index is 11.0. The molecule has 7 atom stereocenters. The van der Waals surface area contributed by atoms with E-state index in [0.717, 1.165) is 18.4 Å². The second-order valence-corrected chi connectivity index (χ2v) is 7.78. The first-order valence-electron chi connectivity index (χ1n) is 9.99. The van der Waals surface area contributed by atoms with Crippen LogP contribution in [0.4, 0.5) is 0 Å². The first kappa shape index (κ1) is 20.2. The van der Waals surface area contributed by atoms with Gasteiger partial charge in [-0.15, -0.1) is 0 Å². The van der Waals surface area contributed by atoms with Crippen LogP contribution in [0.15, 0.2) is 30.3 Å². The average molecular weight is 394 g/mol. The average Bonchev–Trinajstić information content (AvgIpc) is 2.74. The van der Waals surface area contributed by atoms with E-state index in [0.29, 0.717) is 19.4 Å². The normalized spacial score (nSPS) is 43.2. The van der Waals surface area contributed by atoms with Crippen LogP contribution in [0.2, 0.25) is 0 Å². The van der Waals surface area contributed by atoms with Crippen molar-refractivity contribution in [3.8, 4) is 0 Å². The van der Waals surface area contributed by atoms with Crippen LogP contribution in [0.5, 0.6) is 0 Å². The number of aliphatic hydroxyl groups is 1. The fourth-order valence-corrected chi connectivity index (χ4v) is 4.62. The fourth-order valence-electron chi connectivity index (χ4n) is 4.62. The molecule has 156 valence electrons. The van der Waals surface area contributed by atoms with Gasteiger partial charge in [0.05, 0.1) is 12.7 Å². The number of rotatable bonds is 5. The third-order valence-corrected chi connectivity index (χ3v) is 6.16. The highest BCUT2D eigenvalue weighted by Gasteiger charge is 2.66. The van der Waals surface area contributed by atoms with Gasteiger partial charge in [-0.25, -0.2) is 0 Å². The molecule has 0 radical (unpaired) electrons. The smallest absolute Gasteiger partial charge is 0.223 e. The number of fused-ring (bicyclic) bond motifs is 2. The van der Waals surface area contributed by atoms with Gasteiger partial charge in [0, 0.05) is 27.1 Å². The van der Waals surface area contributed by atoms with Gasteiger partial charge < -0.3 is 33.5 Å². The zero-order valence-corrected chi connectivity index (χ0v) is 16.7. The molecule has 2 aliphatic heterocycles. The molecule has 0 unspecified atom stereocenters. The molecule has 0 amide bonds. The van der Waals surface area contributed by atoms with Crippen molar-refractivity contribution in [2.75, 3.05) is 14.2 Å². The Morgan fingerprint density at radius 1 is 1.00 bits per heavy atom. The summed E-state index contributed by atoms with van der Waals surface area (Å²) >= 11 is 0. The zero-order valence-electron chi connectivity index (χ0n) is 16.7. The Labute approximate surface area is 165 Å². The fraction of sp³-hybridized carbons (Fsp3) is 0.714. The van der Waals surface area contributed by atoms with Crippen LogP contribution in [0.3, 0.4) is 0 Å². The van der Waals surface area contributed by atoms with Gasteiger partial charge in [0.25, 0.3) is 0 Å². The van der Waals surface area contributed by atoms with E-state index >= 15 is 0 Å². The minimum Gasteiger partial charge on any atom is -0.385 e. The molecule has 7 nitrogen and oxygen atoms in total. The zero-order chi connectivity index (χ0) is 19.8. The Morgan fingerprint density at radius 3 is 2.21 bits per heavy atom. The topological polar surface area (TPSA) is 75.6 Å². The van der Waals surface area contributed by atoms with Gasteiger partial charge in [-0.05, 0) is 25.3 Å². The predicted octanol–water partition coefficient (Wildman–Crippen LogP) is 2.35. The summed E-state index contributed by atoms with van der Waals surface area (Å²) in [5.74, 6) is -2.06. The molecule has 1 aromatic rings. The van der Waals surface area contributed by atoms with Gasteiger partial charge in [-0.2, -0.15) is 0 Å². The van der Waals surface area contributed by atoms with Crippen LogP contribution >= 0.6 is 0 Å². The van der Waals surface area contributed by atoms with Gasteiger partial charge in [0.1, 0.15) is 18.3 Å². The summed E-state index contributed by atoms with van der Waals surface area (Å²) in [5, 5.41) is 11.0. The molecule has 3 fully saturated rings. The maximum atomic E-state index is 11.0. The Bertz CT molecular complexity index is 655. The van der Waals surface area contributed by atoms with Crippen molar-refractivity contribution in [3.63, 3.8) is 0 Å². The molecule has 0 aromatic heterocycles. The number of hydrogen-bond acceptors (Lipinski definition) is 7. The summed E-state index contributed by atoms with van der Waals surface area (Å²) in [7, 11) is 3.21. The van der Waals surface area contributed by atoms with Crippen molar-refractivity contribution in [2.24, 2.45) is 0 Å². The molecule has 28 heavy (non-hydrogen) atoms. The van der Waals surface area contributed by atoms with Gasteiger partial charge in [0.2, 0.25) is 11.6 Å². The van der Waals surface area contributed by atoms with Crippen LogP contribution in [-0.2, 0) is 35.0 Å². The van der Waals surface area contributed by atoms with E-state index in [2.05, 4.69) is 0 Å². The highest BCUT2D eigenvalue weighted by molar-refractivity contribution is 5.13. The summed E-state index contributed by atoms with van der Waals surface area (Å²) in [6.45, 7) is 2.24. The highest BCUT2D eigenvalue weighted by atomic mass is 16.8. The number of ether oxygens (including phenoxy) is 6. The lowest BCUT2D eigenvalue weighted by Crippen LogP contribution is -2.74. The first-order chi connectivity index (χ1) is 13.5. The number of aliphatic hydroxyl groups excluding tert-OH is 1. The molecule has 1 N–H and O–H groups in total. The van der Waals surface area contributed by atoms with Gasteiger partial charge >= 0.3 is 0 Å². The quantitative estimate of drug-likeness (QED) is 0.822. The van der Waals surface area contributed by atoms with E-state index in [1.54, 1.807) is 14.2 Å². The molecule has 3 aliphatic rings. The SMILES string of the molecule is CO[C@]12CCCC[C@@]1(OC)O[C@@H]1[C@@H](O2)[C@@H](O)[C@H](OCc2ccccc2)O[C@H]1C. The summed E-state index contributed by atoms with van der Waals surface area (Å²) in [6, 6.07) is 9.78. The third-order valence-electron chi connectivity index (χ3n) is 6.16. The Kier molecular flexibility index (Phi) is 5.77. The van der Waals surface area contributed by atoms with Gasteiger partial charge in [0.15, 0.2) is 6.29 Å². The molecule has 0 spiro atoms. The van der Waals surface area contributed by atoms with Crippen LogP contribution in [-0.4, -0.2) is 61.6 Å². The van der Waals surface area contributed by atoms with Crippen LogP contribution < -0.4 is 0 Å². The number of hydrogen-bond donors (Lipinski definition) is 1. The van der Waals surface area contributed by atoms with Crippen molar-refractivity contribution in [2.45, 2.75) is 81.5 Å². The molecule has 1 aromatic carbocycles. The lowest BCUT2D eigenvalue weighted by molar-refractivity contribution is -0.495. The number of benzene rings is 1. The maximum Gasteiger partial charge on any atom is 0.223 e. The number of methoxy groups -OCH3 is 2. The molecule has 1 aliphatic carbocycles. The monoisotopic (exact) mass is 394 g/mol. The Balaban J connectivity index is 1.53. The molecule has 7 heteroatoms. The predicted molar refractivity (Wildman–Crippen MR) is 99.3 cm³/mol. The van der Waals surface area contributed by atoms with Crippen molar-refractivity contribution in [1.29, 1.82) is 0 Å². The standard InChI is InChI=1S/C21H30O7/c1-14-17-18(16(22)19(26-14)25-13-15-9-5-4-6-10-15)28-21(24-3)12-8-7-11-20(21,23-2)27-17/h4-6,9-10,14,16-19,22H,7-8,11-13H2,1-3H3/t14-,16+,17-,18-,19+,20+,21-/m0/s1. The second kappa shape index (κ2) is 7.99. The minimum absolute atomic E-state index is 0.335. The molecule has 2 heterocycles. The summed E-state index contributed by atoms with van der Waals surface area (Å²) in [4.78, 5) is 0. The van der Waals surface area contributed by atoms with Crippen molar-refractivity contribution in [3.05, 3.63) is 35.9 Å². The first-order valence-corrected chi connectivity index (χ1v) is 9.99. The highest BCUT2D eigenvalue weighted by Crippen LogP contribution is 2.51. The second-order valence-electron chi connectivity index (χ2n) is 7.78. The van der Waals surface area contributed by atoms with E-state index in [1.165, 1.54) is 0 Å². The molecular formula is C21H30O7. The van der Waals surface area contributed by atoms with Crippen molar-refractivity contribution >= 4 is 0 Å². The van der Waals surface area contributed by atoms with Gasteiger partial charge in [-0.3, -0.25) is 0 Å². The van der Waals surface area contributed by atoms with Crippen LogP contribution in [0.25, 0.3) is 0 Å². The van der Waals surface area contributed by atoms with E-state index in [4.69, 9.17) is 28.4 Å². The Hall–Kier alpha value is -1.06. The lowest BCUT2D eigenvalue weighted by atomic mass is 9.84. The minimum atomic E-state index is -1.05. The van der Waals surface area contributed by atoms with Crippen LogP contribution in [0.1, 0.15) is 38.2 Å². The molecular weight excluding hydrogens is 364 g/mol. The summed E-state index contributed by atoms with van der Waals surface area (Å²) in [5.41, 5.74) is 1.01.